The van der Waals surface area contributed by atoms with Crippen LogP contribution in [0.25, 0.3) is 11.0 Å². The van der Waals surface area contributed by atoms with E-state index >= 15 is 0 Å². The van der Waals surface area contributed by atoms with Gasteiger partial charge >= 0.3 is 0 Å². The third-order valence-electron chi connectivity index (χ3n) is 2.87. The lowest BCUT2D eigenvalue weighted by Crippen LogP contribution is -2.20. The molecule has 0 fully saturated rings. The van der Waals surface area contributed by atoms with Crippen molar-refractivity contribution in [1.29, 1.82) is 0 Å². The Balaban J connectivity index is 2.11. The van der Waals surface area contributed by atoms with Gasteiger partial charge in [0.2, 0.25) is 6.54 Å². The lowest BCUT2D eigenvalue weighted by atomic mass is 10.2. The predicted octanol–water partition coefficient (Wildman–Crippen LogP) is 2.36. The number of benzene rings is 1. The van der Waals surface area contributed by atoms with Crippen molar-refractivity contribution in [1.82, 2.24) is 15.0 Å². The first kappa shape index (κ1) is 11.8. The Kier molecular flexibility index (Phi) is 2.96. The Morgan fingerprint density at radius 1 is 1.32 bits per heavy atom. The van der Waals surface area contributed by atoms with Crippen LogP contribution in [0.3, 0.4) is 0 Å². The van der Waals surface area contributed by atoms with Crippen molar-refractivity contribution in [2.24, 2.45) is 0 Å². The molecule has 0 aliphatic carbocycles. The van der Waals surface area contributed by atoms with E-state index in [1.54, 1.807) is 4.68 Å². The number of hydrogen-bond donors (Lipinski definition) is 0. The van der Waals surface area contributed by atoms with Gasteiger partial charge in [-0.05, 0) is 23.6 Å². The van der Waals surface area contributed by atoms with Crippen molar-refractivity contribution < 1.29 is 4.92 Å². The largest absolute Gasteiger partial charge is 0.264 e. The van der Waals surface area contributed by atoms with Crippen LogP contribution in [0.2, 0.25) is 0 Å². The molecular weight excluding hydrogens is 264 g/mol. The summed E-state index contributed by atoms with van der Waals surface area (Å²) in [5, 5.41) is 20.9. The van der Waals surface area contributed by atoms with E-state index in [1.165, 1.54) is 11.3 Å². The molecule has 1 aromatic carbocycles. The van der Waals surface area contributed by atoms with E-state index in [0.717, 1.165) is 15.9 Å². The number of para-hydroxylation sites is 1. The molecule has 2 heterocycles. The standard InChI is InChI=1S/C12H10N4O2S/c17-15(18)8-11(12-6-3-7-19-12)16-10-5-2-1-4-9(10)13-14-16/h1-7,11H,8H2/t11-/m0/s1. The summed E-state index contributed by atoms with van der Waals surface area (Å²) in [6.45, 7) is -0.201. The van der Waals surface area contributed by atoms with Gasteiger partial charge in [-0.2, -0.15) is 0 Å². The number of hydrogen-bond acceptors (Lipinski definition) is 5. The predicted molar refractivity (Wildman–Crippen MR) is 71.8 cm³/mol. The molecule has 0 radical (unpaired) electrons. The second-order valence-electron chi connectivity index (χ2n) is 4.07. The maximum Gasteiger partial charge on any atom is 0.231 e. The first-order valence-electron chi connectivity index (χ1n) is 5.71. The van der Waals surface area contributed by atoms with Gasteiger partial charge < -0.3 is 0 Å². The van der Waals surface area contributed by atoms with Gasteiger partial charge in [0.15, 0.2) is 6.04 Å². The monoisotopic (exact) mass is 274 g/mol. The number of fused-ring (bicyclic) bond motifs is 1. The summed E-state index contributed by atoms with van der Waals surface area (Å²) in [7, 11) is 0. The molecule has 0 N–H and O–H groups in total. The maximum absolute atomic E-state index is 10.9. The van der Waals surface area contributed by atoms with Crippen molar-refractivity contribution >= 4 is 22.4 Å². The Bertz CT molecular complexity index is 707. The molecule has 0 aliphatic rings. The zero-order chi connectivity index (χ0) is 13.2. The van der Waals surface area contributed by atoms with Crippen LogP contribution in [0, 0.1) is 10.1 Å². The van der Waals surface area contributed by atoms with Crippen LogP contribution in [0.1, 0.15) is 10.9 Å². The zero-order valence-corrected chi connectivity index (χ0v) is 10.7. The van der Waals surface area contributed by atoms with Crippen molar-refractivity contribution in [3.8, 4) is 0 Å². The first-order chi connectivity index (χ1) is 9.25. The molecule has 19 heavy (non-hydrogen) atoms. The minimum atomic E-state index is -0.414. The van der Waals surface area contributed by atoms with Gasteiger partial charge in [0, 0.05) is 9.80 Å². The fourth-order valence-corrected chi connectivity index (χ4v) is 2.83. The van der Waals surface area contributed by atoms with Gasteiger partial charge in [-0.25, -0.2) is 4.68 Å². The molecule has 1 atom stereocenters. The number of nitrogens with zero attached hydrogens (tertiary/aromatic N) is 4. The molecule has 0 bridgehead atoms. The summed E-state index contributed by atoms with van der Waals surface area (Å²) in [5.74, 6) is 0. The van der Waals surface area contributed by atoms with Crippen LogP contribution < -0.4 is 0 Å². The molecule has 7 heteroatoms. The van der Waals surface area contributed by atoms with Crippen LogP contribution in [-0.4, -0.2) is 26.5 Å². The van der Waals surface area contributed by atoms with E-state index in [4.69, 9.17) is 0 Å². The Labute approximate surface area is 112 Å². The average Bonchev–Trinajstić information content (AvgIpc) is 3.05. The van der Waals surface area contributed by atoms with Crippen LogP contribution in [0.4, 0.5) is 0 Å². The molecule has 0 saturated heterocycles. The van der Waals surface area contributed by atoms with Crippen molar-refractivity contribution in [3.05, 3.63) is 56.8 Å². The SMILES string of the molecule is O=[N+]([O-])C[C@@H](c1cccs1)n1nnc2ccccc21. The third-order valence-corrected chi connectivity index (χ3v) is 3.84. The molecule has 96 valence electrons. The van der Waals surface area contributed by atoms with Crippen LogP contribution >= 0.6 is 11.3 Å². The fraction of sp³-hybridized carbons (Fsp3) is 0.167. The molecule has 3 aromatic rings. The van der Waals surface area contributed by atoms with Crippen molar-refractivity contribution in [3.63, 3.8) is 0 Å². The van der Waals surface area contributed by atoms with Crippen molar-refractivity contribution in [2.75, 3.05) is 6.54 Å². The summed E-state index contributed by atoms with van der Waals surface area (Å²) in [6, 6.07) is 10.8. The molecular formula is C12H10N4O2S. The number of rotatable bonds is 4. The molecule has 0 spiro atoms. The topological polar surface area (TPSA) is 73.8 Å². The van der Waals surface area contributed by atoms with Gasteiger partial charge in [-0.1, -0.05) is 23.4 Å². The normalized spacial score (nSPS) is 12.6. The highest BCUT2D eigenvalue weighted by atomic mass is 32.1. The smallest absolute Gasteiger partial charge is 0.231 e. The van der Waals surface area contributed by atoms with E-state index in [0.29, 0.717) is 0 Å². The quantitative estimate of drug-likeness (QED) is 0.540. The van der Waals surface area contributed by atoms with Gasteiger partial charge in [-0.3, -0.25) is 10.1 Å². The molecule has 2 aromatic heterocycles. The molecule has 3 rings (SSSR count). The maximum atomic E-state index is 10.9. The van der Waals surface area contributed by atoms with E-state index in [1.807, 2.05) is 41.8 Å². The van der Waals surface area contributed by atoms with Gasteiger partial charge in [-0.15, -0.1) is 16.4 Å². The second kappa shape index (κ2) is 4.77. The van der Waals surface area contributed by atoms with Crippen LogP contribution in [0.5, 0.6) is 0 Å². The molecule has 6 nitrogen and oxygen atoms in total. The zero-order valence-electron chi connectivity index (χ0n) is 9.84. The molecule has 0 amide bonds. The lowest BCUT2D eigenvalue weighted by molar-refractivity contribution is -0.484. The molecule has 0 unspecified atom stereocenters. The Hall–Kier alpha value is -2.28. The van der Waals surface area contributed by atoms with Gasteiger partial charge in [0.1, 0.15) is 5.52 Å². The van der Waals surface area contributed by atoms with Gasteiger partial charge in [0.05, 0.1) is 5.52 Å². The van der Waals surface area contributed by atoms with E-state index in [-0.39, 0.29) is 11.5 Å². The van der Waals surface area contributed by atoms with Gasteiger partial charge in [0.25, 0.3) is 0 Å². The minimum absolute atomic E-state index is 0.201. The van der Waals surface area contributed by atoms with E-state index < -0.39 is 6.04 Å². The summed E-state index contributed by atoms with van der Waals surface area (Å²) in [6.07, 6.45) is 0. The minimum Gasteiger partial charge on any atom is -0.264 e. The summed E-state index contributed by atoms with van der Waals surface area (Å²) >= 11 is 1.49. The van der Waals surface area contributed by atoms with E-state index in [9.17, 15) is 10.1 Å². The summed E-state index contributed by atoms with van der Waals surface area (Å²) in [5.41, 5.74) is 1.55. The van der Waals surface area contributed by atoms with Crippen molar-refractivity contribution in [2.45, 2.75) is 6.04 Å². The van der Waals surface area contributed by atoms with Crippen LogP contribution in [0.15, 0.2) is 41.8 Å². The fourth-order valence-electron chi connectivity index (χ4n) is 2.03. The number of thiophene rings is 1. The number of nitro groups is 1. The third kappa shape index (κ3) is 2.19. The number of aromatic nitrogens is 3. The summed E-state index contributed by atoms with van der Waals surface area (Å²) in [4.78, 5) is 11.5. The Morgan fingerprint density at radius 2 is 2.16 bits per heavy atom. The van der Waals surface area contributed by atoms with Crippen LogP contribution in [-0.2, 0) is 0 Å². The highest BCUT2D eigenvalue weighted by molar-refractivity contribution is 7.10. The molecule has 0 saturated carbocycles. The lowest BCUT2D eigenvalue weighted by Gasteiger charge is -2.11. The highest BCUT2D eigenvalue weighted by Crippen LogP contribution is 2.25. The Morgan fingerprint density at radius 3 is 2.89 bits per heavy atom. The highest BCUT2D eigenvalue weighted by Gasteiger charge is 2.23. The average molecular weight is 274 g/mol. The summed E-state index contributed by atoms with van der Waals surface area (Å²) < 4.78 is 1.63. The molecule has 0 aliphatic heterocycles. The first-order valence-corrected chi connectivity index (χ1v) is 6.59. The second-order valence-corrected chi connectivity index (χ2v) is 5.05. The van der Waals surface area contributed by atoms with E-state index in [2.05, 4.69) is 10.3 Å².